The first-order valence-electron chi connectivity index (χ1n) is 10.6. The minimum absolute atomic E-state index is 0.0492. The monoisotopic (exact) mass is 463 g/mol. The first kappa shape index (κ1) is 21.7. The molecule has 5 rings (SSSR count). The maximum atomic E-state index is 13.5. The number of carbonyl (C=O) groups excluding carboxylic acids is 3. The number of nitrogens with two attached hydrogens (primary N) is 2. The Morgan fingerprint density at radius 2 is 1.88 bits per heavy atom. The number of nitrogens with zero attached hydrogens (tertiary/aromatic N) is 1. The van der Waals surface area contributed by atoms with E-state index in [1.165, 1.54) is 6.07 Å². The molecule has 0 unspecified atom stereocenters. The number of aliphatic hydroxyl groups excluding tert-OH is 2. The van der Waals surface area contributed by atoms with Crippen molar-refractivity contribution in [1.82, 2.24) is 4.98 Å². The van der Waals surface area contributed by atoms with E-state index in [0.29, 0.717) is 16.8 Å². The average Bonchev–Trinajstić information content (AvgIpc) is 2.79. The van der Waals surface area contributed by atoms with Gasteiger partial charge in [0.25, 0.3) is 5.91 Å². The molecular formula is C24H21N3O7. The van der Waals surface area contributed by atoms with Gasteiger partial charge >= 0.3 is 0 Å². The number of Topliss-reactive ketones (excluding diaryl/α,β-unsaturated/α-hetero) is 2. The zero-order chi connectivity index (χ0) is 24.5. The van der Waals surface area contributed by atoms with Gasteiger partial charge < -0.3 is 31.9 Å². The number of aliphatic hydroxyl groups is 3. The van der Waals surface area contributed by atoms with Crippen LogP contribution in [-0.4, -0.2) is 48.5 Å². The molecule has 0 saturated heterocycles. The van der Waals surface area contributed by atoms with E-state index in [0.717, 1.165) is 0 Å². The second kappa shape index (κ2) is 7.16. The van der Waals surface area contributed by atoms with Crippen molar-refractivity contribution in [2.75, 3.05) is 5.73 Å². The lowest BCUT2D eigenvalue weighted by Crippen LogP contribution is -2.58. The van der Waals surface area contributed by atoms with Crippen molar-refractivity contribution in [1.29, 1.82) is 0 Å². The molecule has 34 heavy (non-hydrogen) atoms. The van der Waals surface area contributed by atoms with E-state index >= 15 is 0 Å². The number of aromatic nitrogens is 1. The predicted molar refractivity (Wildman–Crippen MR) is 119 cm³/mol. The number of rotatable bonds is 2. The van der Waals surface area contributed by atoms with Gasteiger partial charge in [0.2, 0.25) is 5.78 Å². The molecule has 0 aliphatic heterocycles. The molecule has 174 valence electrons. The van der Waals surface area contributed by atoms with Crippen LogP contribution in [0.3, 0.4) is 0 Å². The molecule has 8 N–H and O–H groups in total. The van der Waals surface area contributed by atoms with Crippen LogP contribution in [0.4, 0.5) is 5.69 Å². The van der Waals surface area contributed by atoms with Crippen molar-refractivity contribution >= 4 is 28.9 Å². The Hall–Kier alpha value is -4.18. The Kier molecular flexibility index (Phi) is 4.56. The van der Waals surface area contributed by atoms with Gasteiger partial charge in [-0.2, -0.15) is 0 Å². The molecule has 3 aliphatic carbocycles. The number of nitrogen functional groups attached to an aromatic ring is 1. The van der Waals surface area contributed by atoms with Crippen molar-refractivity contribution in [2.24, 2.45) is 17.6 Å². The molecule has 0 radical (unpaired) electrons. The quantitative estimate of drug-likeness (QED) is 0.214. The van der Waals surface area contributed by atoms with Crippen LogP contribution in [0.15, 0.2) is 47.4 Å². The molecular weight excluding hydrogens is 442 g/mol. The number of anilines is 1. The number of phenols is 1. The van der Waals surface area contributed by atoms with Gasteiger partial charge in [0, 0.05) is 29.7 Å². The predicted octanol–water partition coefficient (Wildman–Crippen LogP) is 1.07. The highest BCUT2D eigenvalue weighted by Crippen LogP contribution is 2.53. The number of primary amides is 1. The third kappa shape index (κ3) is 2.72. The molecule has 0 spiro atoms. The summed E-state index contributed by atoms with van der Waals surface area (Å²) in [5, 5.41) is 43.7. The van der Waals surface area contributed by atoms with Gasteiger partial charge in [-0.25, -0.2) is 0 Å². The van der Waals surface area contributed by atoms with Crippen LogP contribution in [0, 0.1) is 11.8 Å². The van der Waals surface area contributed by atoms with Gasteiger partial charge in [0.1, 0.15) is 22.8 Å². The van der Waals surface area contributed by atoms with Crippen molar-refractivity contribution in [3.05, 3.63) is 58.5 Å². The number of aromatic hydroxyl groups is 1. The Morgan fingerprint density at radius 3 is 2.53 bits per heavy atom. The van der Waals surface area contributed by atoms with Crippen LogP contribution < -0.4 is 11.5 Å². The number of amides is 1. The van der Waals surface area contributed by atoms with Crippen LogP contribution in [0.1, 0.15) is 24.0 Å². The van der Waals surface area contributed by atoms with Gasteiger partial charge in [-0.3, -0.25) is 19.4 Å². The fourth-order valence-corrected chi connectivity index (χ4v) is 5.46. The topological polar surface area (TPSA) is 197 Å². The normalized spacial score (nSPS) is 26.1. The molecule has 1 heterocycles. The molecule has 10 nitrogen and oxygen atoms in total. The van der Waals surface area contributed by atoms with E-state index in [1.807, 2.05) is 0 Å². The maximum Gasteiger partial charge on any atom is 0.255 e. The summed E-state index contributed by atoms with van der Waals surface area (Å²) in [5.41, 5.74) is 9.03. The van der Waals surface area contributed by atoms with Gasteiger partial charge in [0.15, 0.2) is 11.4 Å². The summed E-state index contributed by atoms with van der Waals surface area (Å²) in [6.07, 6.45) is 1.43. The van der Waals surface area contributed by atoms with E-state index in [-0.39, 0.29) is 36.1 Å². The standard InChI is InChI=1S/C24H21N3O7/c25-13-8-11(14-3-1-2-4-27-14)12-6-9-5-10-7-15(28)18(23(26)33)22(32)24(10,34)21(31)16(9)20(30)17(12)19(13)29/h1-4,8-10,29-30,32,34H,5-7,25H2,(H2,26,33)/t9-,10+,24+/m1/s1. The number of ketones is 2. The Bertz CT molecular complexity index is 1360. The number of fused-ring (bicyclic) bond motifs is 3. The highest BCUT2D eigenvalue weighted by molar-refractivity contribution is 6.22. The second-order valence-electron chi connectivity index (χ2n) is 8.84. The molecule has 1 aromatic heterocycles. The van der Waals surface area contributed by atoms with Crippen molar-refractivity contribution < 1.29 is 34.8 Å². The van der Waals surface area contributed by atoms with Crippen LogP contribution in [0.5, 0.6) is 5.75 Å². The Balaban J connectivity index is 1.74. The summed E-state index contributed by atoms with van der Waals surface area (Å²) in [5.74, 6) is -6.87. The van der Waals surface area contributed by atoms with E-state index in [2.05, 4.69) is 4.98 Å². The summed E-state index contributed by atoms with van der Waals surface area (Å²) in [7, 11) is 0. The van der Waals surface area contributed by atoms with Gasteiger partial charge in [-0.15, -0.1) is 0 Å². The molecule has 2 aromatic rings. The van der Waals surface area contributed by atoms with Crippen LogP contribution >= 0.6 is 0 Å². The smallest absolute Gasteiger partial charge is 0.255 e. The zero-order valence-electron chi connectivity index (χ0n) is 17.8. The molecule has 3 atom stereocenters. The lowest BCUT2D eigenvalue weighted by atomic mass is 9.59. The summed E-state index contributed by atoms with van der Waals surface area (Å²) >= 11 is 0. The zero-order valence-corrected chi connectivity index (χ0v) is 17.8. The maximum absolute atomic E-state index is 13.5. The third-order valence-electron chi connectivity index (χ3n) is 7.03. The number of benzene rings is 1. The summed E-state index contributed by atoms with van der Waals surface area (Å²) in [6.45, 7) is 0. The summed E-state index contributed by atoms with van der Waals surface area (Å²) in [4.78, 5) is 42.0. The lowest BCUT2D eigenvalue weighted by Gasteiger charge is -2.46. The highest BCUT2D eigenvalue weighted by Gasteiger charge is 2.60. The molecule has 10 heteroatoms. The number of hydrogen-bond donors (Lipinski definition) is 6. The van der Waals surface area contributed by atoms with Crippen molar-refractivity contribution in [2.45, 2.75) is 24.9 Å². The fourth-order valence-electron chi connectivity index (χ4n) is 5.46. The van der Waals surface area contributed by atoms with Crippen LogP contribution in [0.2, 0.25) is 0 Å². The van der Waals surface area contributed by atoms with Gasteiger partial charge in [-0.1, -0.05) is 6.07 Å². The minimum Gasteiger partial charge on any atom is -0.508 e. The van der Waals surface area contributed by atoms with E-state index in [4.69, 9.17) is 11.5 Å². The largest absolute Gasteiger partial charge is 0.508 e. The first-order chi connectivity index (χ1) is 16.1. The number of carbonyl (C=O) groups is 3. The van der Waals surface area contributed by atoms with Crippen molar-refractivity contribution in [3.8, 4) is 17.0 Å². The molecule has 1 fully saturated rings. The van der Waals surface area contributed by atoms with Gasteiger partial charge in [-0.05, 0) is 42.5 Å². The fraction of sp³-hybridized carbons (Fsp3) is 0.250. The molecule has 1 saturated carbocycles. The van der Waals surface area contributed by atoms with Crippen molar-refractivity contribution in [3.63, 3.8) is 0 Å². The molecule has 1 aromatic carbocycles. The van der Waals surface area contributed by atoms with Crippen LogP contribution in [-0.2, 0) is 20.8 Å². The molecule has 1 amide bonds. The Morgan fingerprint density at radius 1 is 1.15 bits per heavy atom. The number of pyridine rings is 1. The van der Waals surface area contributed by atoms with E-state index in [1.54, 1.807) is 24.4 Å². The molecule has 3 aliphatic rings. The second-order valence-corrected chi connectivity index (χ2v) is 8.84. The number of hydrogen-bond acceptors (Lipinski definition) is 9. The number of phenolic OH excluding ortho intramolecular Hbond substituents is 1. The Labute approximate surface area is 192 Å². The first-order valence-corrected chi connectivity index (χ1v) is 10.6. The van der Waals surface area contributed by atoms with E-state index < -0.39 is 57.8 Å². The highest BCUT2D eigenvalue weighted by atomic mass is 16.3. The molecule has 0 bridgehead atoms. The summed E-state index contributed by atoms with van der Waals surface area (Å²) < 4.78 is 0. The van der Waals surface area contributed by atoms with Crippen LogP contribution in [0.25, 0.3) is 17.0 Å². The minimum atomic E-state index is -2.60. The third-order valence-corrected chi connectivity index (χ3v) is 7.03. The SMILES string of the molecule is NC(=O)C1=C(O)[C@@]2(O)C(=O)C3=C(O)c4c(O)c(N)cc(-c5ccccn5)c4C[C@H]3C[C@H]2CC1=O. The van der Waals surface area contributed by atoms with E-state index in [9.17, 15) is 34.8 Å². The lowest BCUT2D eigenvalue weighted by molar-refractivity contribution is -0.147. The van der Waals surface area contributed by atoms with Gasteiger partial charge in [0.05, 0.1) is 16.9 Å². The summed E-state index contributed by atoms with van der Waals surface area (Å²) in [6, 6.07) is 6.77. The average molecular weight is 463 g/mol.